The van der Waals surface area contributed by atoms with Gasteiger partial charge in [0.2, 0.25) is 5.95 Å². The highest BCUT2D eigenvalue weighted by Gasteiger charge is 2.39. The van der Waals surface area contributed by atoms with Crippen LogP contribution in [-0.4, -0.2) is 40.3 Å². The van der Waals surface area contributed by atoms with Crippen molar-refractivity contribution in [3.63, 3.8) is 0 Å². The van der Waals surface area contributed by atoms with Gasteiger partial charge in [-0.2, -0.15) is 13.2 Å². The van der Waals surface area contributed by atoms with E-state index in [-0.39, 0.29) is 36.3 Å². The van der Waals surface area contributed by atoms with Gasteiger partial charge in [0.25, 0.3) is 0 Å². The zero-order valence-corrected chi connectivity index (χ0v) is 22.2. The lowest BCUT2D eigenvalue weighted by Crippen LogP contribution is -2.46. The second-order valence-electron chi connectivity index (χ2n) is 9.23. The number of amides is 1. The number of alkyl halides is 3. The molecule has 0 fully saturated rings. The van der Waals surface area contributed by atoms with Crippen LogP contribution in [0.5, 0.6) is 0 Å². The molecule has 0 aliphatic carbocycles. The molecule has 2 atom stereocenters. The Labute approximate surface area is 215 Å². The van der Waals surface area contributed by atoms with Crippen molar-refractivity contribution in [1.29, 1.82) is 0 Å². The van der Waals surface area contributed by atoms with E-state index in [1.165, 1.54) is 17.2 Å². The molecule has 0 saturated carbocycles. The molecule has 8 nitrogen and oxygen atoms in total. The Balaban J connectivity index is 2.04. The van der Waals surface area contributed by atoms with Crippen LogP contribution in [0.25, 0.3) is 0 Å². The maximum atomic E-state index is 13.5. The van der Waals surface area contributed by atoms with E-state index in [9.17, 15) is 22.8 Å². The predicted octanol–water partition coefficient (Wildman–Crippen LogP) is 6.51. The number of rotatable bonds is 5. The quantitative estimate of drug-likeness (QED) is 0.408. The Morgan fingerprint density at radius 2 is 1.92 bits per heavy atom. The van der Waals surface area contributed by atoms with E-state index in [1.54, 1.807) is 27.7 Å². The molecule has 0 saturated heterocycles. The SMILES string of the molecule is CCOC(=O)N1c2ccc(C(F)(F)F)cc2[C@@H](Nc2ncc(Br)c(C(=O)OC(C)(C)C)n2)C[C@H]1CC. The number of ether oxygens (including phenoxy) is 2. The smallest absolute Gasteiger partial charge is 0.416 e. The van der Waals surface area contributed by atoms with Crippen molar-refractivity contribution in [2.45, 2.75) is 71.3 Å². The molecule has 196 valence electrons. The van der Waals surface area contributed by atoms with Gasteiger partial charge in [-0.25, -0.2) is 19.6 Å². The molecule has 0 bridgehead atoms. The Kier molecular flexibility index (Phi) is 8.17. The maximum absolute atomic E-state index is 13.5. The lowest BCUT2D eigenvalue weighted by Gasteiger charge is -2.40. The highest BCUT2D eigenvalue weighted by molar-refractivity contribution is 9.10. The highest BCUT2D eigenvalue weighted by Crippen LogP contribution is 2.43. The Morgan fingerprint density at radius 3 is 2.50 bits per heavy atom. The number of esters is 1. The molecule has 1 aromatic heterocycles. The summed E-state index contributed by atoms with van der Waals surface area (Å²) in [6.45, 7) is 8.82. The van der Waals surface area contributed by atoms with Crippen LogP contribution in [0, 0.1) is 0 Å². The molecule has 1 N–H and O–H groups in total. The number of carbonyl (C=O) groups is 2. The van der Waals surface area contributed by atoms with E-state index >= 15 is 0 Å². The second-order valence-corrected chi connectivity index (χ2v) is 10.1. The number of benzene rings is 1. The van der Waals surface area contributed by atoms with Gasteiger partial charge in [0, 0.05) is 12.2 Å². The van der Waals surface area contributed by atoms with Crippen LogP contribution in [0.3, 0.4) is 0 Å². The lowest BCUT2D eigenvalue weighted by molar-refractivity contribution is -0.137. The summed E-state index contributed by atoms with van der Waals surface area (Å²) in [6, 6.07) is 2.20. The average Bonchev–Trinajstić information content (AvgIpc) is 2.77. The zero-order valence-electron chi connectivity index (χ0n) is 20.6. The molecule has 1 amide bonds. The minimum Gasteiger partial charge on any atom is -0.455 e. The van der Waals surface area contributed by atoms with Gasteiger partial charge in [-0.05, 0) is 80.2 Å². The molecule has 36 heavy (non-hydrogen) atoms. The third-order valence-electron chi connectivity index (χ3n) is 5.44. The third-order valence-corrected chi connectivity index (χ3v) is 6.02. The molecule has 12 heteroatoms. The van der Waals surface area contributed by atoms with E-state index in [0.29, 0.717) is 16.6 Å². The molecule has 0 radical (unpaired) electrons. The normalized spacial score (nSPS) is 17.9. The first-order valence-corrected chi connectivity index (χ1v) is 12.2. The van der Waals surface area contributed by atoms with Crippen LogP contribution in [0.1, 0.15) is 75.1 Å². The molecule has 0 spiro atoms. The van der Waals surface area contributed by atoms with E-state index in [4.69, 9.17) is 9.47 Å². The van der Waals surface area contributed by atoms with Crippen LogP contribution in [-0.2, 0) is 15.7 Å². The molecule has 1 aromatic carbocycles. The minimum absolute atomic E-state index is 0.0253. The summed E-state index contributed by atoms with van der Waals surface area (Å²) >= 11 is 3.24. The van der Waals surface area contributed by atoms with Crippen molar-refractivity contribution in [3.05, 3.63) is 45.7 Å². The van der Waals surface area contributed by atoms with Crippen molar-refractivity contribution >= 4 is 39.6 Å². The van der Waals surface area contributed by atoms with Crippen molar-refractivity contribution in [2.75, 3.05) is 16.8 Å². The van der Waals surface area contributed by atoms with Crippen molar-refractivity contribution in [2.24, 2.45) is 0 Å². The summed E-state index contributed by atoms with van der Waals surface area (Å²) in [4.78, 5) is 35.2. The topological polar surface area (TPSA) is 93.7 Å². The van der Waals surface area contributed by atoms with E-state index in [0.717, 1.165) is 12.1 Å². The number of nitrogens with one attached hydrogen (secondary N) is 1. The van der Waals surface area contributed by atoms with Gasteiger partial charge < -0.3 is 14.8 Å². The number of hydrogen-bond acceptors (Lipinski definition) is 7. The Morgan fingerprint density at radius 1 is 1.22 bits per heavy atom. The molecule has 1 aliphatic rings. The van der Waals surface area contributed by atoms with Crippen LogP contribution in [0.15, 0.2) is 28.9 Å². The monoisotopic (exact) mass is 572 g/mol. The number of halogens is 4. The molecule has 1 aliphatic heterocycles. The Hall–Kier alpha value is -2.89. The maximum Gasteiger partial charge on any atom is 0.416 e. The first kappa shape index (κ1) is 27.7. The molecular weight excluding hydrogens is 545 g/mol. The third kappa shape index (κ3) is 6.26. The molecular formula is C24H28BrF3N4O4. The molecule has 0 unspecified atom stereocenters. The highest BCUT2D eigenvalue weighted by atomic mass is 79.9. The second kappa shape index (κ2) is 10.6. The van der Waals surface area contributed by atoms with Gasteiger partial charge in [-0.15, -0.1) is 0 Å². The van der Waals surface area contributed by atoms with Crippen LogP contribution < -0.4 is 10.2 Å². The number of fused-ring (bicyclic) bond motifs is 1. The molecule has 2 aromatic rings. The standard InChI is InChI=1S/C24H28BrF3N4O4/c1-6-14-11-17(30-21-29-12-16(25)19(31-21)20(33)36-23(3,4)5)15-10-13(24(26,27)28)8-9-18(15)32(14)22(34)35-7-2/h8-10,12,14,17H,6-7,11H2,1-5H3,(H,29,30,31)/t14-,17+/m1/s1. The van der Waals surface area contributed by atoms with Gasteiger partial charge >= 0.3 is 18.2 Å². The largest absolute Gasteiger partial charge is 0.455 e. The fraction of sp³-hybridized carbons (Fsp3) is 0.500. The van der Waals surface area contributed by atoms with E-state index in [1.807, 2.05) is 6.92 Å². The molecule has 3 rings (SSSR count). The van der Waals surface area contributed by atoms with Crippen molar-refractivity contribution < 1.29 is 32.2 Å². The van der Waals surface area contributed by atoms with Gasteiger partial charge in [-0.3, -0.25) is 4.90 Å². The minimum atomic E-state index is -4.58. The number of carbonyl (C=O) groups excluding carboxylic acids is 2. The number of aromatic nitrogens is 2. The average molecular weight is 573 g/mol. The van der Waals surface area contributed by atoms with Gasteiger partial charge in [0.15, 0.2) is 5.69 Å². The fourth-order valence-electron chi connectivity index (χ4n) is 3.92. The first-order chi connectivity index (χ1) is 16.7. The van der Waals surface area contributed by atoms with Crippen molar-refractivity contribution in [3.8, 4) is 0 Å². The fourth-order valence-corrected chi connectivity index (χ4v) is 4.27. The van der Waals surface area contributed by atoms with Crippen LogP contribution in [0.4, 0.5) is 29.6 Å². The Bertz CT molecular complexity index is 1140. The van der Waals surface area contributed by atoms with Gasteiger partial charge in [-0.1, -0.05) is 6.92 Å². The van der Waals surface area contributed by atoms with Crippen LogP contribution in [0.2, 0.25) is 0 Å². The summed E-state index contributed by atoms with van der Waals surface area (Å²) in [5.74, 6) is -0.644. The number of anilines is 2. The number of nitrogens with zero attached hydrogens (tertiary/aromatic N) is 3. The summed E-state index contributed by atoms with van der Waals surface area (Å²) in [6.07, 6.45) is -3.04. The van der Waals surface area contributed by atoms with Crippen molar-refractivity contribution in [1.82, 2.24) is 9.97 Å². The summed E-state index contributed by atoms with van der Waals surface area (Å²) in [7, 11) is 0. The van der Waals surface area contributed by atoms with E-state index < -0.39 is 35.4 Å². The summed E-state index contributed by atoms with van der Waals surface area (Å²) in [5, 5.41) is 3.06. The first-order valence-electron chi connectivity index (χ1n) is 11.4. The lowest BCUT2D eigenvalue weighted by atomic mass is 9.89. The van der Waals surface area contributed by atoms with Crippen LogP contribution >= 0.6 is 15.9 Å². The van der Waals surface area contributed by atoms with Gasteiger partial charge in [0.1, 0.15) is 5.60 Å². The predicted molar refractivity (Wildman–Crippen MR) is 131 cm³/mol. The van der Waals surface area contributed by atoms with E-state index in [2.05, 4.69) is 31.2 Å². The zero-order chi connectivity index (χ0) is 26.8. The van der Waals surface area contributed by atoms with Gasteiger partial charge in [0.05, 0.1) is 28.4 Å². The molecule has 2 heterocycles. The summed E-state index contributed by atoms with van der Waals surface area (Å²) < 4.78 is 51.5. The summed E-state index contributed by atoms with van der Waals surface area (Å²) in [5.41, 5.74) is -1.08. The number of hydrogen-bond donors (Lipinski definition) is 1.